The summed E-state index contributed by atoms with van der Waals surface area (Å²) in [4.78, 5) is 5.87. The number of benzene rings is 2. The topological polar surface area (TPSA) is 26.5 Å². The Morgan fingerprint density at radius 1 is 1.04 bits per heavy atom. The van der Waals surface area contributed by atoms with Gasteiger partial charge in [-0.05, 0) is 48.4 Å². The summed E-state index contributed by atoms with van der Waals surface area (Å²) < 4.78 is 7.58. The normalized spacial score (nSPS) is 11.2. The molecular weight excluding hydrogens is 396 g/mol. The number of halogens is 1. The Kier molecular flexibility index (Phi) is 7.47. The first-order valence-electron chi connectivity index (χ1n) is 8.24. The summed E-state index contributed by atoms with van der Waals surface area (Å²) in [6.45, 7) is 3.20. The van der Waals surface area contributed by atoms with Crippen LogP contribution in [0.2, 0.25) is 0 Å². The second kappa shape index (κ2) is 9.59. The summed E-state index contributed by atoms with van der Waals surface area (Å²) >= 11 is 1.69. The maximum absolute atomic E-state index is 5.26. The number of methoxy groups -OCH3 is 1. The molecule has 0 aliphatic rings. The molecule has 25 heavy (non-hydrogen) atoms. The van der Waals surface area contributed by atoms with E-state index in [1.54, 1.807) is 18.4 Å². The van der Waals surface area contributed by atoms with Gasteiger partial charge in [0, 0.05) is 11.9 Å². The minimum Gasteiger partial charge on any atom is -0.497 e. The van der Waals surface area contributed by atoms with Crippen LogP contribution in [0.15, 0.2) is 65.0 Å². The molecule has 5 heteroatoms. The molecule has 0 saturated heterocycles. The molecule has 0 amide bonds. The van der Waals surface area contributed by atoms with Gasteiger partial charge in [-0.2, -0.15) is 0 Å². The van der Waals surface area contributed by atoms with Crippen LogP contribution >= 0.6 is 28.3 Å². The van der Waals surface area contributed by atoms with Crippen LogP contribution in [0.4, 0.5) is 5.69 Å². The van der Waals surface area contributed by atoms with Crippen molar-refractivity contribution in [1.29, 1.82) is 0 Å². The Morgan fingerprint density at radius 2 is 1.76 bits per heavy atom. The fraction of sp³-hybridized carbons (Fsp3) is 0.250. The van der Waals surface area contributed by atoms with Crippen LogP contribution in [0.3, 0.4) is 0 Å². The van der Waals surface area contributed by atoms with E-state index in [2.05, 4.69) is 29.0 Å². The highest BCUT2D eigenvalue weighted by Gasteiger charge is 2.08. The highest BCUT2D eigenvalue weighted by Crippen LogP contribution is 2.24. The number of unbranched alkanes of at least 4 members (excludes halogenated alkanes) is 1. The van der Waals surface area contributed by atoms with E-state index >= 15 is 0 Å². The summed E-state index contributed by atoms with van der Waals surface area (Å²) in [5.41, 5.74) is 3.40. The lowest BCUT2D eigenvalue weighted by Gasteiger charge is -2.09. The van der Waals surface area contributed by atoms with Gasteiger partial charge in [0.15, 0.2) is 4.80 Å². The van der Waals surface area contributed by atoms with E-state index in [0.717, 1.165) is 35.6 Å². The van der Waals surface area contributed by atoms with Gasteiger partial charge in [-0.15, -0.1) is 28.3 Å². The van der Waals surface area contributed by atoms with Crippen LogP contribution in [0.25, 0.3) is 11.3 Å². The molecule has 3 nitrogen and oxygen atoms in total. The van der Waals surface area contributed by atoms with Crippen molar-refractivity contribution in [2.75, 3.05) is 7.11 Å². The van der Waals surface area contributed by atoms with Gasteiger partial charge < -0.3 is 9.30 Å². The molecule has 3 rings (SSSR count). The zero-order valence-electron chi connectivity index (χ0n) is 14.5. The lowest BCUT2D eigenvalue weighted by Crippen LogP contribution is -2.15. The van der Waals surface area contributed by atoms with Gasteiger partial charge in [0.1, 0.15) is 5.75 Å². The predicted molar refractivity (Wildman–Crippen MR) is 111 cm³/mol. The van der Waals surface area contributed by atoms with Crippen molar-refractivity contribution in [3.05, 3.63) is 64.8 Å². The van der Waals surface area contributed by atoms with E-state index < -0.39 is 0 Å². The summed E-state index contributed by atoms with van der Waals surface area (Å²) in [6.07, 6.45) is 2.30. The average molecular weight is 419 g/mol. The van der Waals surface area contributed by atoms with Crippen LogP contribution in [-0.2, 0) is 6.54 Å². The number of hydrogen-bond donors (Lipinski definition) is 0. The SMILES string of the molecule is Br.CCCCn1c(-c2ccc(OC)cc2)csc1=Nc1ccccc1. The molecule has 132 valence electrons. The molecule has 1 heterocycles. The maximum atomic E-state index is 5.26. The highest BCUT2D eigenvalue weighted by atomic mass is 79.9. The van der Waals surface area contributed by atoms with Gasteiger partial charge >= 0.3 is 0 Å². The third kappa shape index (κ3) is 4.83. The second-order valence-electron chi connectivity index (χ2n) is 5.58. The predicted octanol–water partition coefficient (Wildman–Crippen LogP) is 5.84. The first kappa shape index (κ1) is 19.5. The number of rotatable bonds is 6. The number of para-hydroxylation sites is 1. The fourth-order valence-electron chi connectivity index (χ4n) is 2.56. The fourth-order valence-corrected chi connectivity index (χ4v) is 3.51. The number of ether oxygens (including phenoxy) is 1. The standard InChI is InChI=1S/C20H22N2OS.BrH/c1-3-4-14-22-19(16-10-12-18(23-2)13-11-16)15-24-20(22)21-17-8-6-5-7-9-17;/h5-13,15H,3-4,14H2,1-2H3;1H. The van der Waals surface area contributed by atoms with Crippen LogP contribution in [0.1, 0.15) is 19.8 Å². The minimum atomic E-state index is 0. The Bertz CT molecular complexity index is 838. The molecular formula is C20H23BrN2OS. The van der Waals surface area contributed by atoms with E-state index in [0.29, 0.717) is 0 Å². The largest absolute Gasteiger partial charge is 0.497 e. The molecule has 0 fully saturated rings. The van der Waals surface area contributed by atoms with Gasteiger partial charge in [-0.3, -0.25) is 0 Å². The van der Waals surface area contributed by atoms with Crippen LogP contribution in [0, 0.1) is 0 Å². The first-order chi connectivity index (χ1) is 11.8. The lowest BCUT2D eigenvalue weighted by molar-refractivity contribution is 0.415. The van der Waals surface area contributed by atoms with E-state index in [9.17, 15) is 0 Å². The molecule has 0 spiro atoms. The van der Waals surface area contributed by atoms with Gasteiger partial charge in [0.05, 0.1) is 18.5 Å². The van der Waals surface area contributed by atoms with Gasteiger partial charge in [-0.1, -0.05) is 31.5 Å². The second-order valence-corrected chi connectivity index (χ2v) is 6.42. The molecule has 1 aromatic heterocycles. The van der Waals surface area contributed by atoms with Crippen molar-refractivity contribution in [2.24, 2.45) is 4.99 Å². The third-order valence-corrected chi connectivity index (χ3v) is 4.76. The van der Waals surface area contributed by atoms with E-state index in [1.165, 1.54) is 11.3 Å². The maximum Gasteiger partial charge on any atom is 0.190 e. The monoisotopic (exact) mass is 418 g/mol. The minimum absolute atomic E-state index is 0. The van der Waals surface area contributed by atoms with Crippen molar-refractivity contribution in [1.82, 2.24) is 4.57 Å². The Labute approximate surface area is 163 Å². The zero-order chi connectivity index (χ0) is 16.8. The van der Waals surface area contributed by atoms with Crippen LogP contribution in [-0.4, -0.2) is 11.7 Å². The molecule has 0 radical (unpaired) electrons. The Hall–Kier alpha value is -1.85. The van der Waals surface area contributed by atoms with Gasteiger partial charge in [0.2, 0.25) is 0 Å². The van der Waals surface area contributed by atoms with Crippen molar-refractivity contribution in [3.63, 3.8) is 0 Å². The van der Waals surface area contributed by atoms with Crippen molar-refractivity contribution in [2.45, 2.75) is 26.3 Å². The molecule has 0 unspecified atom stereocenters. The van der Waals surface area contributed by atoms with Crippen molar-refractivity contribution < 1.29 is 4.74 Å². The molecule has 3 aromatic rings. The van der Waals surface area contributed by atoms with E-state index in [1.807, 2.05) is 42.5 Å². The number of aromatic nitrogens is 1. The molecule has 0 saturated carbocycles. The molecule has 0 atom stereocenters. The van der Waals surface area contributed by atoms with Crippen LogP contribution in [0.5, 0.6) is 5.75 Å². The lowest BCUT2D eigenvalue weighted by atomic mass is 10.1. The summed E-state index contributed by atoms with van der Waals surface area (Å²) in [5.74, 6) is 0.878. The molecule has 0 N–H and O–H groups in total. The highest BCUT2D eigenvalue weighted by molar-refractivity contribution is 8.93. The molecule has 0 aliphatic heterocycles. The summed E-state index contributed by atoms with van der Waals surface area (Å²) in [5, 5.41) is 2.19. The molecule has 0 aliphatic carbocycles. The molecule has 2 aromatic carbocycles. The smallest absolute Gasteiger partial charge is 0.190 e. The van der Waals surface area contributed by atoms with Crippen LogP contribution < -0.4 is 9.54 Å². The van der Waals surface area contributed by atoms with Crippen molar-refractivity contribution in [3.8, 4) is 17.0 Å². The number of thiazole rings is 1. The third-order valence-electron chi connectivity index (χ3n) is 3.90. The summed E-state index contributed by atoms with van der Waals surface area (Å²) in [6, 6.07) is 18.4. The van der Waals surface area contributed by atoms with Crippen molar-refractivity contribution >= 4 is 34.0 Å². The Balaban J connectivity index is 0.00000225. The quantitative estimate of drug-likeness (QED) is 0.493. The first-order valence-corrected chi connectivity index (χ1v) is 9.12. The molecule has 0 bridgehead atoms. The number of nitrogens with zero attached hydrogens (tertiary/aromatic N) is 2. The Morgan fingerprint density at radius 3 is 2.40 bits per heavy atom. The van der Waals surface area contributed by atoms with E-state index in [-0.39, 0.29) is 17.0 Å². The number of hydrogen-bond acceptors (Lipinski definition) is 3. The van der Waals surface area contributed by atoms with Gasteiger partial charge in [-0.25, -0.2) is 4.99 Å². The summed E-state index contributed by atoms with van der Waals surface area (Å²) in [7, 11) is 1.69. The average Bonchev–Trinajstić information content (AvgIpc) is 3.03. The van der Waals surface area contributed by atoms with Gasteiger partial charge in [0.25, 0.3) is 0 Å². The van der Waals surface area contributed by atoms with E-state index in [4.69, 9.17) is 9.73 Å². The zero-order valence-corrected chi connectivity index (χ0v) is 17.0.